The molecule has 0 aliphatic heterocycles. The van der Waals surface area contributed by atoms with Crippen molar-refractivity contribution in [3.05, 3.63) is 60.3 Å². The number of hydrogen-bond acceptors (Lipinski definition) is 4. The SMILES string of the molecule is CCNC(=NCC(C)Oc1ccc(F)cc1)NCCc1nnc2ccccn12.I. The van der Waals surface area contributed by atoms with E-state index in [0.717, 1.165) is 24.4 Å². The zero-order valence-corrected chi connectivity index (χ0v) is 18.8. The lowest BCUT2D eigenvalue weighted by atomic mass is 10.3. The summed E-state index contributed by atoms with van der Waals surface area (Å²) in [6.07, 6.45) is 2.54. The highest BCUT2D eigenvalue weighted by Gasteiger charge is 2.07. The van der Waals surface area contributed by atoms with Gasteiger partial charge in [-0.25, -0.2) is 9.38 Å². The molecule has 3 aromatic rings. The lowest BCUT2D eigenvalue weighted by molar-refractivity contribution is 0.230. The van der Waals surface area contributed by atoms with Crippen LogP contribution in [0.1, 0.15) is 19.7 Å². The molecule has 0 radical (unpaired) electrons. The number of guanidine groups is 1. The van der Waals surface area contributed by atoms with Gasteiger partial charge in [0.15, 0.2) is 11.6 Å². The van der Waals surface area contributed by atoms with E-state index in [-0.39, 0.29) is 35.9 Å². The van der Waals surface area contributed by atoms with Gasteiger partial charge in [0, 0.05) is 25.7 Å². The number of nitrogens with zero attached hydrogens (tertiary/aromatic N) is 4. The monoisotopic (exact) mass is 512 g/mol. The second kappa shape index (κ2) is 11.5. The zero-order valence-electron chi connectivity index (χ0n) is 16.5. The van der Waals surface area contributed by atoms with Crippen molar-refractivity contribution in [3.8, 4) is 5.75 Å². The Morgan fingerprint density at radius 3 is 2.72 bits per heavy atom. The molecule has 0 aliphatic rings. The van der Waals surface area contributed by atoms with Crippen LogP contribution in [0.5, 0.6) is 5.75 Å². The van der Waals surface area contributed by atoms with E-state index in [1.807, 2.05) is 42.6 Å². The fraction of sp³-hybridized carbons (Fsp3) is 0.350. The third-order valence-corrected chi connectivity index (χ3v) is 4.03. The topological polar surface area (TPSA) is 75.8 Å². The predicted molar refractivity (Wildman–Crippen MR) is 123 cm³/mol. The Morgan fingerprint density at radius 2 is 1.97 bits per heavy atom. The van der Waals surface area contributed by atoms with Crippen molar-refractivity contribution in [2.24, 2.45) is 4.99 Å². The number of aliphatic imine (C=N–C) groups is 1. The van der Waals surface area contributed by atoms with E-state index in [4.69, 9.17) is 4.74 Å². The molecule has 0 bridgehead atoms. The first kappa shape index (κ1) is 22.9. The van der Waals surface area contributed by atoms with Crippen molar-refractivity contribution in [1.82, 2.24) is 25.2 Å². The molecule has 2 heterocycles. The molecular weight excluding hydrogens is 486 g/mol. The molecule has 1 unspecified atom stereocenters. The fourth-order valence-electron chi connectivity index (χ4n) is 2.70. The molecule has 1 aromatic carbocycles. The van der Waals surface area contributed by atoms with Crippen LogP contribution in [0, 0.1) is 5.82 Å². The van der Waals surface area contributed by atoms with Gasteiger partial charge in [-0.3, -0.25) is 4.40 Å². The maximum Gasteiger partial charge on any atom is 0.191 e. The van der Waals surface area contributed by atoms with Crippen molar-refractivity contribution in [2.45, 2.75) is 26.4 Å². The smallest absolute Gasteiger partial charge is 0.191 e. The third-order valence-electron chi connectivity index (χ3n) is 4.03. The number of nitrogens with one attached hydrogen (secondary N) is 2. The lowest BCUT2D eigenvalue weighted by Crippen LogP contribution is -2.39. The molecule has 9 heteroatoms. The highest BCUT2D eigenvalue weighted by molar-refractivity contribution is 14.0. The van der Waals surface area contributed by atoms with Crippen molar-refractivity contribution < 1.29 is 9.13 Å². The van der Waals surface area contributed by atoms with Crippen molar-refractivity contribution in [3.63, 3.8) is 0 Å². The van der Waals surface area contributed by atoms with E-state index in [2.05, 4.69) is 25.8 Å². The first-order valence-corrected chi connectivity index (χ1v) is 9.38. The highest BCUT2D eigenvalue weighted by atomic mass is 127. The van der Waals surface area contributed by atoms with Gasteiger partial charge < -0.3 is 15.4 Å². The minimum Gasteiger partial charge on any atom is -0.489 e. The molecule has 3 rings (SSSR count). The van der Waals surface area contributed by atoms with Crippen LogP contribution in [0.25, 0.3) is 5.65 Å². The number of benzene rings is 1. The summed E-state index contributed by atoms with van der Waals surface area (Å²) < 4.78 is 20.7. The summed E-state index contributed by atoms with van der Waals surface area (Å²) in [6.45, 7) is 5.85. The Morgan fingerprint density at radius 1 is 1.17 bits per heavy atom. The Balaban J connectivity index is 0.00000300. The van der Waals surface area contributed by atoms with Gasteiger partial charge in [0.05, 0.1) is 6.54 Å². The van der Waals surface area contributed by atoms with Crippen molar-refractivity contribution in [2.75, 3.05) is 19.6 Å². The van der Waals surface area contributed by atoms with Crippen molar-refractivity contribution >= 4 is 35.6 Å². The Hall–Kier alpha value is -2.43. The molecule has 1 atom stereocenters. The first-order chi connectivity index (χ1) is 13.7. The number of fused-ring (bicyclic) bond motifs is 1. The van der Waals surface area contributed by atoms with Crippen LogP contribution < -0.4 is 15.4 Å². The number of ether oxygens (including phenoxy) is 1. The van der Waals surface area contributed by atoms with Crippen LogP contribution in [-0.2, 0) is 6.42 Å². The van der Waals surface area contributed by atoms with Gasteiger partial charge >= 0.3 is 0 Å². The van der Waals surface area contributed by atoms with Gasteiger partial charge in [-0.2, -0.15) is 0 Å². The highest BCUT2D eigenvalue weighted by Crippen LogP contribution is 2.13. The molecular formula is C20H26FIN6O. The summed E-state index contributed by atoms with van der Waals surface area (Å²) in [5, 5.41) is 14.9. The molecule has 2 aromatic heterocycles. The molecule has 2 N–H and O–H groups in total. The largest absolute Gasteiger partial charge is 0.489 e. The Bertz CT molecular complexity index is 915. The van der Waals surface area contributed by atoms with Gasteiger partial charge in [0.1, 0.15) is 23.5 Å². The molecule has 156 valence electrons. The second-order valence-corrected chi connectivity index (χ2v) is 6.32. The van der Waals surface area contributed by atoms with Gasteiger partial charge in [0.25, 0.3) is 0 Å². The molecule has 0 amide bonds. The number of rotatable bonds is 8. The van der Waals surface area contributed by atoms with E-state index in [1.54, 1.807) is 12.1 Å². The fourth-order valence-corrected chi connectivity index (χ4v) is 2.70. The molecule has 0 spiro atoms. The maximum absolute atomic E-state index is 13.0. The minimum atomic E-state index is -0.280. The van der Waals surface area contributed by atoms with Crippen LogP contribution in [0.4, 0.5) is 4.39 Å². The van der Waals surface area contributed by atoms with E-state index in [1.165, 1.54) is 12.1 Å². The molecule has 7 nitrogen and oxygen atoms in total. The molecule has 0 saturated heterocycles. The van der Waals surface area contributed by atoms with E-state index in [9.17, 15) is 4.39 Å². The van der Waals surface area contributed by atoms with Crippen LogP contribution >= 0.6 is 24.0 Å². The molecule has 0 saturated carbocycles. The van der Waals surface area contributed by atoms with Crippen LogP contribution in [0.15, 0.2) is 53.7 Å². The van der Waals surface area contributed by atoms with Crippen LogP contribution in [-0.4, -0.2) is 46.3 Å². The van der Waals surface area contributed by atoms with Crippen molar-refractivity contribution in [1.29, 1.82) is 0 Å². The van der Waals surface area contributed by atoms with Gasteiger partial charge in [-0.1, -0.05) is 6.07 Å². The average molecular weight is 512 g/mol. The number of pyridine rings is 1. The Labute approximate surface area is 186 Å². The summed E-state index contributed by atoms with van der Waals surface area (Å²) >= 11 is 0. The predicted octanol–water partition coefficient (Wildman–Crippen LogP) is 3.05. The van der Waals surface area contributed by atoms with Crippen LogP contribution in [0.3, 0.4) is 0 Å². The number of hydrogen-bond donors (Lipinski definition) is 2. The average Bonchev–Trinajstić information content (AvgIpc) is 3.11. The number of halogens is 2. The van der Waals surface area contributed by atoms with E-state index < -0.39 is 0 Å². The van der Waals surface area contributed by atoms with E-state index >= 15 is 0 Å². The second-order valence-electron chi connectivity index (χ2n) is 6.32. The Kier molecular flexibility index (Phi) is 9.10. The maximum atomic E-state index is 13.0. The minimum absolute atomic E-state index is 0. The summed E-state index contributed by atoms with van der Waals surface area (Å²) in [4.78, 5) is 4.56. The van der Waals surface area contributed by atoms with E-state index in [0.29, 0.717) is 24.8 Å². The summed E-state index contributed by atoms with van der Waals surface area (Å²) in [5.74, 6) is 1.95. The molecule has 29 heavy (non-hydrogen) atoms. The summed E-state index contributed by atoms with van der Waals surface area (Å²) in [7, 11) is 0. The third kappa shape index (κ3) is 6.84. The summed E-state index contributed by atoms with van der Waals surface area (Å²) in [5.41, 5.74) is 0.838. The van der Waals surface area contributed by atoms with Gasteiger partial charge in [-0.05, 0) is 50.2 Å². The van der Waals surface area contributed by atoms with Crippen LogP contribution in [0.2, 0.25) is 0 Å². The summed E-state index contributed by atoms with van der Waals surface area (Å²) in [6, 6.07) is 11.8. The molecule has 0 aliphatic carbocycles. The standard InChI is InChI=1S/C20H25FN6O.HI/c1-3-22-20(24-14-15(2)28-17-9-7-16(21)8-10-17)23-12-11-19-26-25-18-6-4-5-13-27(18)19;/h4-10,13,15H,3,11-12,14H2,1-2H3,(H2,22,23,24);1H. The lowest BCUT2D eigenvalue weighted by Gasteiger charge is -2.15. The van der Waals surface area contributed by atoms with Gasteiger partial charge in [0.2, 0.25) is 0 Å². The number of aromatic nitrogens is 3. The normalized spacial score (nSPS) is 12.3. The van der Waals surface area contributed by atoms with Gasteiger partial charge in [-0.15, -0.1) is 34.2 Å². The first-order valence-electron chi connectivity index (χ1n) is 9.38. The zero-order chi connectivity index (χ0) is 19.8. The molecule has 0 fully saturated rings. The quantitative estimate of drug-likeness (QED) is 0.276.